The Bertz CT molecular complexity index is 636. The molecule has 5 heteroatoms. The van der Waals surface area contributed by atoms with Gasteiger partial charge in [-0.25, -0.2) is 4.39 Å². The van der Waals surface area contributed by atoms with E-state index >= 15 is 0 Å². The number of nitrogens with zero attached hydrogens (tertiary/aromatic N) is 1. The molecule has 1 amide bonds. The van der Waals surface area contributed by atoms with Gasteiger partial charge in [-0.1, -0.05) is 35.7 Å². The summed E-state index contributed by atoms with van der Waals surface area (Å²) in [6.45, 7) is 2.11. The Balaban J connectivity index is 2.16. The predicted octanol–water partition coefficient (Wildman–Crippen LogP) is 4.19. The first kappa shape index (κ1) is 16.7. The second-order valence-electron chi connectivity index (χ2n) is 5.68. The summed E-state index contributed by atoms with van der Waals surface area (Å²) in [5.41, 5.74) is 0.146. The number of benzene rings is 1. The van der Waals surface area contributed by atoms with Crippen LogP contribution >= 0.6 is 15.9 Å². The highest BCUT2D eigenvalue weighted by atomic mass is 79.9. The van der Waals surface area contributed by atoms with E-state index in [-0.39, 0.29) is 17.2 Å². The van der Waals surface area contributed by atoms with Crippen LogP contribution in [0.3, 0.4) is 0 Å². The Labute approximate surface area is 138 Å². The number of carbonyl (C=O) groups is 1. The molecule has 0 spiro atoms. The maximum atomic E-state index is 13.7. The van der Waals surface area contributed by atoms with Gasteiger partial charge in [0.05, 0.1) is 0 Å². The molecule has 1 aliphatic carbocycles. The van der Waals surface area contributed by atoms with Crippen LogP contribution in [0.2, 0.25) is 0 Å². The van der Waals surface area contributed by atoms with E-state index in [4.69, 9.17) is 0 Å². The number of rotatable bonds is 3. The molecule has 0 aliphatic heterocycles. The normalized spacial score (nSPS) is 22.0. The van der Waals surface area contributed by atoms with E-state index in [0.29, 0.717) is 10.4 Å². The highest BCUT2D eigenvalue weighted by Crippen LogP contribution is 2.24. The maximum Gasteiger partial charge on any atom is 0.262 e. The molecule has 0 heterocycles. The highest BCUT2D eigenvalue weighted by Gasteiger charge is 2.24. The van der Waals surface area contributed by atoms with Crippen molar-refractivity contribution < 1.29 is 9.18 Å². The first-order chi connectivity index (χ1) is 10.5. The van der Waals surface area contributed by atoms with Crippen LogP contribution in [0.5, 0.6) is 0 Å². The molecule has 0 saturated heterocycles. The van der Waals surface area contributed by atoms with Crippen molar-refractivity contribution in [3.05, 3.63) is 39.6 Å². The zero-order chi connectivity index (χ0) is 16.1. The summed E-state index contributed by atoms with van der Waals surface area (Å²) >= 11 is 3.25. The number of carbonyl (C=O) groups excluding carboxylic acids is 1. The van der Waals surface area contributed by atoms with Crippen LogP contribution in [0.4, 0.5) is 4.39 Å². The molecule has 22 heavy (non-hydrogen) atoms. The zero-order valence-electron chi connectivity index (χ0n) is 12.4. The Kier molecular flexibility index (Phi) is 5.73. The monoisotopic (exact) mass is 364 g/mol. The number of nitrogens with one attached hydrogen (secondary N) is 1. The van der Waals surface area contributed by atoms with Crippen molar-refractivity contribution in [2.24, 2.45) is 5.92 Å². The maximum absolute atomic E-state index is 13.7. The highest BCUT2D eigenvalue weighted by molar-refractivity contribution is 9.10. The van der Waals surface area contributed by atoms with Crippen LogP contribution in [0.15, 0.2) is 28.2 Å². The van der Waals surface area contributed by atoms with Crippen LogP contribution < -0.4 is 5.32 Å². The summed E-state index contributed by atoms with van der Waals surface area (Å²) < 4.78 is 14.4. The third-order valence-corrected chi connectivity index (χ3v) is 4.54. The van der Waals surface area contributed by atoms with Gasteiger partial charge in [-0.05, 0) is 43.0 Å². The Morgan fingerprint density at radius 1 is 1.45 bits per heavy atom. The lowest BCUT2D eigenvalue weighted by molar-refractivity contribution is -0.118. The lowest BCUT2D eigenvalue weighted by Gasteiger charge is -2.29. The topological polar surface area (TPSA) is 52.9 Å². The third kappa shape index (κ3) is 4.17. The molecule has 1 aliphatic rings. The Morgan fingerprint density at radius 2 is 2.18 bits per heavy atom. The molecule has 1 aromatic rings. The molecule has 116 valence electrons. The molecule has 0 bridgehead atoms. The molecule has 1 aromatic carbocycles. The van der Waals surface area contributed by atoms with E-state index in [2.05, 4.69) is 28.2 Å². The average Bonchev–Trinajstić information content (AvgIpc) is 2.50. The largest absolute Gasteiger partial charge is 0.348 e. The molecule has 1 fully saturated rings. The minimum Gasteiger partial charge on any atom is -0.348 e. The molecule has 3 nitrogen and oxygen atoms in total. The molecule has 0 aromatic heterocycles. The van der Waals surface area contributed by atoms with Crippen LogP contribution in [0, 0.1) is 23.1 Å². The zero-order valence-corrected chi connectivity index (χ0v) is 14.0. The fraction of sp³-hybridized carbons (Fsp3) is 0.412. The first-order valence-electron chi connectivity index (χ1n) is 7.39. The van der Waals surface area contributed by atoms with Gasteiger partial charge < -0.3 is 5.32 Å². The van der Waals surface area contributed by atoms with Crippen LogP contribution in [0.25, 0.3) is 6.08 Å². The summed E-state index contributed by atoms with van der Waals surface area (Å²) in [5.74, 6) is -0.490. The van der Waals surface area contributed by atoms with Crippen molar-refractivity contribution in [1.29, 1.82) is 5.26 Å². The number of amides is 1. The van der Waals surface area contributed by atoms with Gasteiger partial charge in [0.25, 0.3) is 5.91 Å². The van der Waals surface area contributed by atoms with Crippen molar-refractivity contribution in [3.63, 3.8) is 0 Å². The predicted molar refractivity (Wildman–Crippen MR) is 87.3 cm³/mol. The third-order valence-electron chi connectivity index (χ3n) is 4.05. The lowest BCUT2D eigenvalue weighted by atomic mass is 9.86. The molecular weight excluding hydrogens is 347 g/mol. The number of hydrogen-bond acceptors (Lipinski definition) is 2. The summed E-state index contributed by atoms with van der Waals surface area (Å²) in [4.78, 5) is 12.3. The number of hydrogen-bond donors (Lipinski definition) is 1. The van der Waals surface area contributed by atoms with Crippen molar-refractivity contribution in [3.8, 4) is 6.07 Å². The van der Waals surface area contributed by atoms with Crippen LogP contribution in [-0.2, 0) is 4.79 Å². The average molecular weight is 365 g/mol. The van der Waals surface area contributed by atoms with Gasteiger partial charge >= 0.3 is 0 Å². The van der Waals surface area contributed by atoms with Crippen LogP contribution in [-0.4, -0.2) is 11.9 Å². The van der Waals surface area contributed by atoms with E-state index in [1.54, 1.807) is 12.1 Å². The first-order valence-corrected chi connectivity index (χ1v) is 8.18. The lowest BCUT2D eigenvalue weighted by Crippen LogP contribution is -2.41. The summed E-state index contributed by atoms with van der Waals surface area (Å²) in [5, 5.41) is 12.1. The molecular formula is C17H18BrFN2O. The van der Waals surface area contributed by atoms with Crippen molar-refractivity contribution in [2.75, 3.05) is 0 Å². The molecule has 2 atom stereocenters. The van der Waals surface area contributed by atoms with Gasteiger partial charge in [-0.15, -0.1) is 0 Å². The van der Waals surface area contributed by atoms with E-state index < -0.39 is 11.7 Å². The molecule has 0 radical (unpaired) electrons. The Hall–Kier alpha value is -1.67. The van der Waals surface area contributed by atoms with Crippen molar-refractivity contribution >= 4 is 27.9 Å². The summed E-state index contributed by atoms with van der Waals surface area (Å²) in [6, 6.07) is 6.37. The standard InChI is InChI=1S/C17H18BrFN2O/c1-11-4-2-3-5-16(11)21-17(22)13(10-20)8-12-9-14(18)6-7-15(12)19/h6-9,11,16H,2-5H2,1H3,(H,21,22)/b13-8+/t11-,16+/m0/s1. The van der Waals surface area contributed by atoms with Gasteiger partial charge in [0.15, 0.2) is 0 Å². The van der Waals surface area contributed by atoms with E-state index in [1.165, 1.54) is 18.6 Å². The Morgan fingerprint density at radius 3 is 2.86 bits per heavy atom. The second kappa shape index (κ2) is 7.55. The quantitative estimate of drug-likeness (QED) is 0.645. The summed E-state index contributed by atoms with van der Waals surface area (Å²) in [6.07, 6.45) is 5.56. The second-order valence-corrected chi connectivity index (χ2v) is 6.59. The van der Waals surface area contributed by atoms with Gasteiger partial charge in [0.2, 0.25) is 0 Å². The SMILES string of the molecule is C[C@H]1CCCC[C@H]1NC(=O)/C(C#N)=C/c1cc(Br)ccc1F. The van der Waals surface area contributed by atoms with E-state index in [1.807, 2.05) is 6.07 Å². The minimum atomic E-state index is -0.463. The fourth-order valence-corrected chi connectivity index (χ4v) is 3.08. The van der Waals surface area contributed by atoms with Gasteiger partial charge in [0.1, 0.15) is 17.5 Å². The molecule has 2 rings (SSSR count). The van der Waals surface area contributed by atoms with Crippen molar-refractivity contribution in [2.45, 2.75) is 38.6 Å². The fourth-order valence-electron chi connectivity index (χ4n) is 2.71. The minimum absolute atomic E-state index is 0.0743. The smallest absolute Gasteiger partial charge is 0.262 e. The van der Waals surface area contributed by atoms with Gasteiger partial charge in [-0.3, -0.25) is 4.79 Å². The summed E-state index contributed by atoms with van der Waals surface area (Å²) in [7, 11) is 0. The van der Waals surface area contributed by atoms with E-state index in [0.717, 1.165) is 19.3 Å². The molecule has 1 saturated carbocycles. The van der Waals surface area contributed by atoms with Gasteiger partial charge in [0, 0.05) is 16.1 Å². The molecule has 0 unspecified atom stereocenters. The number of halogens is 2. The van der Waals surface area contributed by atoms with Crippen molar-refractivity contribution in [1.82, 2.24) is 5.32 Å². The number of nitriles is 1. The van der Waals surface area contributed by atoms with Gasteiger partial charge in [-0.2, -0.15) is 5.26 Å². The molecule has 1 N–H and O–H groups in total. The van der Waals surface area contributed by atoms with E-state index in [9.17, 15) is 14.4 Å². The van der Waals surface area contributed by atoms with Crippen LogP contribution in [0.1, 0.15) is 38.2 Å².